The average Bonchev–Trinajstić information content (AvgIpc) is 2.68. The van der Waals surface area contributed by atoms with Gasteiger partial charge in [-0.1, -0.05) is 32.1 Å². The first-order chi connectivity index (χ1) is 10.8. The van der Waals surface area contributed by atoms with E-state index in [0.717, 1.165) is 44.1 Å². The Hall–Kier alpha value is -1.09. The van der Waals surface area contributed by atoms with Crippen molar-refractivity contribution in [2.45, 2.75) is 58.5 Å². The van der Waals surface area contributed by atoms with Crippen LogP contribution in [0.5, 0.6) is 0 Å². The van der Waals surface area contributed by atoms with Gasteiger partial charge in [-0.3, -0.25) is 4.79 Å². The fraction of sp³-hybridized carbons (Fsp3) is 0.750. The summed E-state index contributed by atoms with van der Waals surface area (Å²) in [7, 11) is 0. The third-order valence-electron chi connectivity index (χ3n) is 8.20. The van der Waals surface area contributed by atoms with Gasteiger partial charge in [-0.25, -0.2) is 0 Å². The standard InChI is InChI=1S/C20H28O3/c1-12-13-5-6-15-18(2)8-4-9-19(3,17(22)23)14(18)7-10-20(15,11-13)16(12)21/h5-6,13-16,21H,1,4,7-11H2,2-3H3,(H,22,23)/t13-,14-,15-,16+,18+,19+,20+/m0/s1. The van der Waals surface area contributed by atoms with E-state index < -0.39 is 17.5 Å². The van der Waals surface area contributed by atoms with Gasteiger partial charge < -0.3 is 10.2 Å². The average molecular weight is 316 g/mol. The number of carboxylic acids is 1. The van der Waals surface area contributed by atoms with Crippen molar-refractivity contribution in [3.8, 4) is 0 Å². The van der Waals surface area contributed by atoms with Gasteiger partial charge in [-0.15, -0.1) is 0 Å². The molecule has 126 valence electrons. The maximum atomic E-state index is 12.0. The van der Waals surface area contributed by atoms with E-state index >= 15 is 0 Å². The Labute approximate surface area is 138 Å². The van der Waals surface area contributed by atoms with Crippen molar-refractivity contribution in [3.05, 3.63) is 24.3 Å². The monoisotopic (exact) mass is 316 g/mol. The molecule has 3 fully saturated rings. The van der Waals surface area contributed by atoms with Crippen molar-refractivity contribution in [2.24, 2.45) is 34.0 Å². The number of aliphatic hydroxyl groups excluding tert-OH is 1. The zero-order valence-electron chi connectivity index (χ0n) is 14.2. The number of aliphatic hydroxyl groups is 1. The normalized spacial score (nSPS) is 54.5. The molecule has 0 aromatic carbocycles. The molecule has 0 radical (unpaired) electrons. The van der Waals surface area contributed by atoms with Crippen LogP contribution in [0.3, 0.4) is 0 Å². The van der Waals surface area contributed by atoms with Gasteiger partial charge in [0.25, 0.3) is 0 Å². The zero-order valence-corrected chi connectivity index (χ0v) is 14.2. The van der Waals surface area contributed by atoms with Gasteiger partial charge in [0.2, 0.25) is 0 Å². The third-order valence-corrected chi connectivity index (χ3v) is 8.20. The molecule has 0 saturated heterocycles. The molecule has 4 aliphatic carbocycles. The smallest absolute Gasteiger partial charge is 0.309 e. The number of aliphatic carboxylic acids is 1. The predicted molar refractivity (Wildman–Crippen MR) is 88.7 cm³/mol. The molecule has 0 heterocycles. The molecular weight excluding hydrogens is 288 g/mol. The van der Waals surface area contributed by atoms with Crippen LogP contribution in [0.25, 0.3) is 0 Å². The van der Waals surface area contributed by atoms with Crippen molar-refractivity contribution in [3.63, 3.8) is 0 Å². The summed E-state index contributed by atoms with van der Waals surface area (Å²) in [5.74, 6) is 0.145. The highest BCUT2D eigenvalue weighted by molar-refractivity contribution is 5.75. The van der Waals surface area contributed by atoms with E-state index in [1.807, 2.05) is 6.92 Å². The maximum absolute atomic E-state index is 12.0. The quantitative estimate of drug-likeness (QED) is 0.724. The molecule has 3 heteroatoms. The van der Waals surface area contributed by atoms with Crippen LogP contribution in [-0.2, 0) is 4.79 Å². The number of hydrogen-bond donors (Lipinski definition) is 2. The molecule has 3 saturated carbocycles. The Balaban J connectivity index is 1.81. The van der Waals surface area contributed by atoms with Crippen molar-refractivity contribution in [1.29, 1.82) is 0 Å². The first-order valence-electron chi connectivity index (χ1n) is 9.04. The first-order valence-corrected chi connectivity index (χ1v) is 9.04. The summed E-state index contributed by atoms with van der Waals surface area (Å²) in [6, 6.07) is 0. The number of hydrogen-bond acceptors (Lipinski definition) is 2. The Bertz CT molecular complexity index is 608. The van der Waals surface area contributed by atoms with Gasteiger partial charge in [-0.05, 0) is 61.9 Å². The van der Waals surface area contributed by atoms with E-state index in [9.17, 15) is 15.0 Å². The van der Waals surface area contributed by atoms with E-state index in [2.05, 4.69) is 25.7 Å². The van der Waals surface area contributed by atoms with Gasteiger partial charge >= 0.3 is 5.97 Å². The van der Waals surface area contributed by atoms with Crippen molar-refractivity contribution in [1.82, 2.24) is 0 Å². The summed E-state index contributed by atoms with van der Waals surface area (Å²) < 4.78 is 0. The highest BCUT2D eigenvalue weighted by atomic mass is 16.4. The number of rotatable bonds is 1. The van der Waals surface area contributed by atoms with Crippen LogP contribution < -0.4 is 0 Å². The van der Waals surface area contributed by atoms with Crippen LogP contribution >= 0.6 is 0 Å². The zero-order chi connectivity index (χ0) is 16.6. The molecule has 1 spiro atoms. The minimum absolute atomic E-state index is 0.0310. The number of fused-ring (bicyclic) bond motifs is 3. The Morgan fingerprint density at radius 1 is 1.26 bits per heavy atom. The largest absolute Gasteiger partial charge is 0.481 e. The number of allylic oxidation sites excluding steroid dienone is 2. The van der Waals surface area contributed by atoms with Gasteiger partial charge in [0.15, 0.2) is 0 Å². The van der Waals surface area contributed by atoms with Crippen LogP contribution in [0.1, 0.15) is 52.4 Å². The van der Waals surface area contributed by atoms with Gasteiger partial charge in [0.1, 0.15) is 0 Å². The fourth-order valence-electron chi connectivity index (χ4n) is 7.02. The summed E-state index contributed by atoms with van der Waals surface area (Å²) in [6.45, 7) is 8.40. The summed E-state index contributed by atoms with van der Waals surface area (Å²) in [5.41, 5.74) is 0.220. The molecule has 0 amide bonds. The van der Waals surface area contributed by atoms with Crippen LogP contribution in [0.2, 0.25) is 0 Å². The fourth-order valence-corrected chi connectivity index (χ4v) is 7.02. The number of carboxylic acid groups (broad SMARTS) is 1. The van der Waals surface area contributed by atoms with Crippen LogP contribution in [0.4, 0.5) is 0 Å². The van der Waals surface area contributed by atoms with Crippen molar-refractivity contribution >= 4 is 5.97 Å². The Morgan fingerprint density at radius 2 is 2.00 bits per heavy atom. The molecule has 0 unspecified atom stereocenters. The van der Waals surface area contributed by atoms with Crippen LogP contribution in [0, 0.1) is 34.0 Å². The van der Waals surface area contributed by atoms with E-state index in [1.165, 1.54) is 0 Å². The first kappa shape index (κ1) is 15.4. The molecule has 2 N–H and O–H groups in total. The molecular formula is C20H28O3. The lowest BCUT2D eigenvalue weighted by molar-refractivity contribution is -0.178. The third kappa shape index (κ3) is 1.67. The molecule has 23 heavy (non-hydrogen) atoms. The summed E-state index contributed by atoms with van der Waals surface area (Å²) >= 11 is 0. The van der Waals surface area contributed by atoms with Gasteiger partial charge in [0.05, 0.1) is 11.5 Å². The minimum atomic E-state index is -0.640. The lowest BCUT2D eigenvalue weighted by Crippen LogP contribution is -2.59. The molecule has 2 bridgehead atoms. The summed E-state index contributed by atoms with van der Waals surface area (Å²) in [6.07, 6.45) is 9.80. The number of carbonyl (C=O) groups is 1. The second kappa shape index (κ2) is 4.50. The maximum Gasteiger partial charge on any atom is 0.309 e. The van der Waals surface area contributed by atoms with Crippen LogP contribution in [0.15, 0.2) is 24.3 Å². The highest BCUT2D eigenvalue weighted by Gasteiger charge is 2.66. The Kier molecular flexibility index (Phi) is 3.02. The van der Waals surface area contributed by atoms with Crippen molar-refractivity contribution < 1.29 is 15.0 Å². The summed E-state index contributed by atoms with van der Waals surface area (Å²) in [5, 5.41) is 20.8. The molecule has 7 atom stereocenters. The van der Waals surface area contributed by atoms with E-state index in [1.54, 1.807) is 0 Å². The molecule has 3 nitrogen and oxygen atoms in total. The second-order valence-corrected chi connectivity index (χ2v) is 9.06. The predicted octanol–water partition coefficient (Wildman–Crippen LogP) is 3.79. The van der Waals surface area contributed by atoms with Gasteiger partial charge in [-0.2, -0.15) is 0 Å². The lowest BCUT2D eigenvalue weighted by Gasteiger charge is -2.62. The lowest BCUT2D eigenvalue weighted by atomic mass is 9.41. The highest BCUT2D eigenvalue weighted by Crippen LogP contribution is 2.70. The molecule has 0 aromatic heterocycles. The van der Waals surface area contributed by atoms with E-state index in [0.29, 0.717) is 5.92 Å². The summed E-state index contributed by atoms with van der Waals surface area (Å²) in [4.78, 5) is 12.0. The molecule has 4 rings (SSSR count). The molecule has 0 aromatic rings. The SMILES string of the molecule is C=C1[C@@H](O)[C@@]23CC[C@H]4[C@@](C)(CCC[C@@]4(C)C(=O)O)[C@@H]2C=C[C@H]1C3. The molecule has 4 aliphatic rings. The topological polar surface area (TPSA) is 57.5 Å². The van der Waals surface area contributed by atoms with E-state index in [-0.39, 0.29) is 22.7 Å². The molecule has 0 aliphatic heterocycles. The van der Waals surface area contributed by atoms with E-state index in [4.69, 9.17) is 0 Å². The van der Waals surface area contributed by atoms with Gasteiger partial charge in [0, 0.05) is 11.3 Å². The van der Waals surface area contributed by atoms with Crippen molar-refractivity contribution in [2.75, 3.05) is 0 Å². The second-order valence-electron chi connectivity index (χ2n) is 9.06. The van der Waals surface area contributed by atoms with Crippen LogP contribution in [-0.4, -0.2) is 22.3 Å². The minimum Gasteiger partial charge on any atom is -0.481 e. The Morgan fingerprint density at radius 3 is 2.70 bits per heavy atom.